The van der Waals surface area contributed by atoms with Crippen LogP contribution in [0.15, 0.2) is 54.6 Å². The van der Waals surface area contributed by atoms with E-state index < -0.39 is 0 Å². The van der Waals surface area contributed by atoms with Crippen LogP contribution in [0.5, 0.6) is 5.75 Å². The van der Waals surface area contributed by atoms with Crippen LogP contribution in [0.3, 0.4) is 0 Å². The number of nitrogens with one attached hydrogen (secondary N) is 1. The molecule has 0 amide bonds. The quantitative estimate of drug-likeness (QED) is 0.607. The third-order valence-corrected chi connectivity index (χ3v) is 2.17. The summed E-state index contributed by atoms with van der Waals surface area (Å²) in [6, 6.07) is 17.3. The number of nitrogen functional groups attached to an aromatic ring is 1. The fourth-order valence-electron chi connectivity index (χ4n) is 1.32. The molecule has 0 spiro atoms. The Hall–Kier alpha value is -2.16. The molecule has 0 aliphatic rings. The number of benzene rings is 2. The minimum Gasteiger partial charge on any atom is -0.473 e. The Bertz CT molecular complexity index is 425. The first-order valence-corrected chi connectivity index (χ1v) is 5.12. The van der Waals surface area contributed by atoms with Gasteiger partial charge >= 0.3 is 0 Å². The summed E-state index contributed by atoms with van der Waals surface area (Å²) >= 11 is 0. The van der Waals surface area contributed by atoms with Crippen molar-refractivity contribution in [1.29, 1.82) is 0 Å². The molecular weight excluding hydrogens is 200 g/mol. The fourth-order valence-corrected chi connectivity index (χ4v) is 1.32. The molecule has 2 aromatic rings. The first-order chi connectivity index (χ1) is 7.84. The number of hydrogen-bond donors (Lipinski definition) is 2. The second-order valence-corrected chi connectivity index (χ2v) is 3.40. The molecule has 82 valence electrons. The maximum absolute atomic E-state index is 5.58. The Morgan fingerprint density at radius 1 is 0.938 bits per heavy atom. The molecule has 2 rings (SSSR count). The van der Waals surface area contributed by atoms with Gasteiger partial charge in [0.05, 0.1) is 0 Å². The van der Waals surface area contributed by atoms with Gasteiger partial charge in [0.1, 0.15) is 5.75 Å². The molecule has 0 fully saturated rings. The molecular formula is C13H14N2O. The predicted octanol–water partition coefficient (Wildman–Crippen LogP) is 2.72. The van der Waals surface area contributed by atoms with E-state index in [0.29, 0.717) is 6.73 Å². The summed E-state index contributed by atoms with van der Waals surface area (Å²) < 4.78 is 5.50. The Balaban J connectivity index is 1.82. The van der Waals surface area contributed by atoms with Crippen molar-refractivity contribution >= 4 is 11.4 Å². The molecule has 0 saturated heterocycles. The number of ether oxygens (including phenoxy) is 1. The normalized spacial score (nSPS) is 9.75. The summed E-state index contributed by atoms with van der Waals surface area (Å²) in [5.74, 6) is 0.803. The van der Waals surface area contributed by atoms with E-state index in [1.165, 1.54) is 0 Å². The third kappa shape index (κ3) is 2.92. The first-order valence-electron chi connectivity index (χ1n) is 5.12. The number of anilines is 2. The number of rotatable bonds is 4. The second kappa shape index (κ2) is 5.07. The summed E-state index contributed by atoms with van der Waals surface area (Å²) in [7, 11) is 0. The maximum atomic E-state index is 5.58. The minimum atomic E-state index is 0.438. The van der Waals surface area contributed by atoms with Crippen molar-refractivity contribution in [2.24, 2.45) is 0 Å². The summed E-state index contributed by atoms with van der Waals surface area (Å²) in [6.45, 7) is 0.438. The maximum Gasteiger partial charge on any atom is 0.159 e. The average molecular weight is 214 g/mol. The van der Waals surface area contributed by atoms with Gasteiger partial charge < -0.3 is 15.8 Å². The summed E-state index contributed by atoms with van der Waals surface area (Å²) in [4.78, 5) is 0. The lowest BCUT2D eigenvalue weighted by atomic mass is 10.3. The Kier molecular flexibility index (Phi) is 3.28. The highest BCUT2D eigenvalue weighted by atomic mass is 16.5. The van der Waals surface area contributed by atoms with Crippen molar-refractivity contribution < 1.29 is 4.74 Å². The number of nitrogens with two attached hydrogens (primary N) is 1. The van der Waals surface area contributed by atoms with E-state index in [1.54, 1.807) is 0 Å². The minimum absolute atomic E-state index is 0.438. The standard InChI is InChI=1S/C13H14N2O/c14-11-6-8-13(9-7-11)16-10-15-12-4-2-1-3-5-12/h1-9,15H,10,14H2. The van der Waals surface area contributed by atoms with Crippen LogP contribution in [0.25, 0.3) is 0 Å². The first kappa shape index (κ1) is 10.4. The van der Waals surface area contributed by atoms with Gasteiger partial charge in [-0.15, -0.1) is 0 Å². The zero-order chi connectivity index (χ0) is 11.2. The smallest absolute Gasteiger partial charge is 0.159 e. The lowest BCUT2D eigenvalue weighted by Gasteiger charge is -2.08. The van der Waals surface area contributed by atoms with Crippen LogP contribution in [0.4, 0.5) is 11.4 Å². The molecule has 2 aromatic carbocycles. The lowest BCUT2D eigenvalue weighted by Crippen LogP contribution is -2.08. The van der Waals surface area contributed by atoms with E-state index in [-0.39, 0.29) is 0 Å². The molecule has 3 heteroatoms. The molecule has 3 N–H and O–H groups in total. The predicted molar refractivity (Wildman–Crippen MR) is 66.4 cm³/mol. The van der Waals surface area contributed by atoms with Crippen molar-refractivity contribution in [3.05, 3.63) is 54.6 Å². The zero-order valence-corrected chi connectivity index (χ0v) is 8.89. The molecule has 0 radical (unpaired) electrons. The molecule has 16 heavy (non-hydrogen) atoms. The average Bonchev–Trinajstić information content (AvgIpc) is 2.33. The van der Waals surface area contributed by atoms with Crippen LogP contribution in [0.2, 0.25) is 0 Å². The van der Waals surface area contributed by atoms with E-state index in [9.17, 15) is 0 Å². The highest BCUT2D eigenvalue weighted by Gasteiger charge is 1.93. The molecule has 3 nitrogen and oxygen atoms in total. The Morgan fingerprint density at radius 2 is 1.62 bits per heavy atom. The highest BCUT2D eigenvalue weighted by Crippen LogP contribution is 2.13. The van der Waals surface area contributed by atoms with Gasteiger partial charge in [0.2, 0.25) is 0 Å². The van der Waals surface area contributed by atoms with Crippen LogP contribution in [0, 0.1) is 0 Å². The van der Waals surface area contributed by atoms with Crippen LogP contribution < -0.4 is 15.8 Å². The van der Waals surface area contributed by atoms with E-state index in [4.69, 9.17) is 10.5 Å². The largest absolute Gasteiger partial charge is 0.473 e. The zero-order valence-electron chi connectivity index (χ0n) is 8.89. The second-order valence-electron chi connectivity index (χ2n) is 3.40. The monoisotopic (exact) mass is 214 g/mol. The van der Waals surface area contributed by atoms with Gasteiger partial charge in [0, 0.05) is 11.4 Å². The van der Waals surface area contributed by atoms with Gasteiger partial charge in [-0.2, -0.15) is 0 Å². The molecule has 0 aliphatic carbocycles. The molecule has 0 bridgehead atoms. The molecule has 0 unspecified atom stereocenters. The Labute approximate surface area is 94.9 Å². The van der Waals surface area contributed by atoms with Crippen molar-refractivity contribution in [3.63, 3.8) is 0 Å². The SMILES string of the molecule is Nc1ccc(OCNc2ccccc2)cc1. The van der Waals surface area contributed by atoms with Crippen LogP contribution in [0.1, 0.15) is 0 Å². The van der Waals surface area contributed by atoms with Crippen LogP contribution >= 0.6 is 0 Å². The lowest BCUT2D eigenvalue weighted by molar-refractivity contribution is 0.347. The fraction of sp³-hybridized carbons (Fsp3) is 0.0769. The summed E-state index contributed by atoms with van der Waals surface area (Å²) in [5.41, 5.74) is 7.35. The van der Waals surface area contributed by atoms with Crippen molar-refractivity contribution in [1.82, 2.24) is 0 Å². The van der Waals surface area contributed by atoms with E-state index >= 15 is 0 Å². The van der Waals surface area contributed by atoms with Crippen molar-refractivity contribution in [3.8, 4) is 5.75 Å². The number of para-hydroxylation sites is 1. The van der Waals surface area contributed by atoms with Crippen molar-refractivity contribution in [2.45, 2.75) is 0 Å². The summed E-state index contributed by atoms with van der Waals surface area (Å²) in [6.07, 6.45) is 0. The van der Waals surface area contributed by atoms with Crippen LogP contribution in [-0.2, 0) is 0 Å². The molecule has 0 heterocycles. The van der Waals surface area contributed by atoms with Gasteiger partial charge in [0.25, 0.3) is 0 Å². The number of hydrogen-bond acceptors (Lipinski definition) is 3. The van der Waals surface area contributed by atoms with Crippen LogP contribution in [-0.4, -0.2) is 6.73 Å². The van der Waals surface area contributed by atoms with Gasteiger partial charge in [-0.3, -0.25) is 0 Å². The molecule has 0 aliphatic heterocycles. The molecule has 0 atom stereocenters. The topological polar surface area (TPSA) is 47.3 Å². The van der Waals surface area contributed by atoms with E-state index in [0.717, 1.165) is 17.1 Å². The Morgan fingerprint density at radius 3 is 2.31 bits per heavy atom. The highest BCUT2D eigenvalue weighted by molar-refractivity contribution is 5.43. The van der Waals surface area contributed by atoms with Gasteiger partial charge in [-0.1, -0.05) is 18.2 Å². The van der Waals surface area contributed by atoms with Gasteiger partial charge in [-0.25, -0.2) is 0 Å². The van der Waals surface area contributed by atoms with Gasteiger partial charge in [0.15, 0.2) is 6.73 Å². The summed E-state index contributed by atoms with van der Waals surface area (Å²) in [5, 5.41) is 3.15. The van der Waals surface area contributed by atoms with Gasteiger partial charge in [-0.05, 0) is 36.4 Å². The third-order valence-electron chi connectivity index (χ3n) is 2.17. The molecule has 0 saturated carbocycles. The van der Waals surface area contributed by atoms with E-state index in [2.05, 4.69) is 5.32 Å². The van der Waals surface area contributed by atoms with E-state index in [1.807, 2.05) is 54.6 Å². The van der Waals surface area contributed by atoms with Crippen molar-refractivity contribution in [2.75, 3.05) is 17.8 Å². The molecule has 0 aromatic heterocycles.